The molecule has 5 atom stereocenters. The average molecular weight is 526 g/mol. The third-order valence-electron chi connectivity index (χ3n) is 7.37. The van der Waals surface area contributed by atoms with Gasteiger partial charge in [0.25, 0.3) is 0 Å². The van der Waals surface area contributed by atoms with Gasteiger partial charge in [-0.1, -0.05) is 59.6 Å². The lowest BCUT2D eigenvalue weighted by Gasteiger charge is -2.30. The molecular formula is C25H21Cl2N5O4. The van der Waals surface area contributed by atoms with Crippen LogP contribution in [0.15, 0.2) is 48.6 Å². The van der Waals surface area contributed by atoms with Gasteiger partial charge in [0.2, 0.25) is 5.91 Å². The fourth-order valence-corrected chi connectivity index (χ4v) is 6.37. The summed E-state index contributed by atoms with van der Waals surface area (Å²) in [4.78, 5) is 27.6. The Labute approximate surface area is 216 Å². The number of benzene rings is 2. The summed E-state index contributed by atoms with van der Waals surface area (Å²) in [7, 11) is 0. The molecule has 3 aromatic rings. The van der Waals surface area contributed by atoms with E-state index in [0.717, 1.165) is 16.8 Å². The summed E-state index contributed by atoms with van der Waals surface area (Å²) in [6, 6.07) is 10.1. The fourth-order valence-electron chi connectivity index (χ4n) is 5.86. The number of likely N-dealkylation sites (tertiary alicyclic amines) is 1. The number of aromatic nitrogens is 4. The zero-order valence-corrected chi connectivity index (χ0v) is 20.8. The number of carbonyl (C=O) groups excluding carboxylic acids is 1. The van der Waals surface area contributed by atoms with Crippen molar-refractivity contribution in [2.24, 2.45) is 11.8 Å². The van der Waals surface area contributed by atoms with Gasteiger partial charge in [0.1, 0.15) is 17.6 Å². The number of hydrogen-bond acceptors (Lipinski definition) is 6. The summed E-state index contributed by atoms with van der Waals surface area (Å²) < 4.78 is 7.71. The summed E-state index contributed by atoms with van der Waals surface area (Å²) in [5.41, 5.74) is 2.22. The highest BCUT2D eigenvalue weighted by molar-refractivity contribution is 6.35. The highest BCUT2D eigenvalue weighted by atomic mass is 35.5. The number of hydrogen-bond donors (Lipinski definition) is 1. The monoisotopic (exact) mass is 525 g/mol. The molecule has 36 heavy (non-hydrogen) atoms. The van der Waals surface area contributed by atoms with Crippen molar-refractivity contribution in [3.63, 3.8) is 0 Å². The molecule has 11 heteroatoms. The topological polar surface area (TPSA) is 110 Å². The molecule has 6 rings (SSSR count). The molecule has 2 fully saturated rings. The van der Waals surface area contributed by atoms with Crippen molar-refractivity contribution in [2.75, 3.05) is 6.54 Å². The van der Waals surface area contributed by atoms with Crippen molar-refractivity contribution in [3.05, 3.63) is 81.1 Å². The van der Waals surface area contributed by atoms with Gasteiger partial charge >= 0.3 is 5.97 Å². The van der Waals surface area contributed by atoms with E-state index in [2.05, 4.69) is 15.5 Å². The minimum Gasteiger partial charge on any atom is -0.481 e. The number of aryl methyl sites for hydroxylation is 2. The Balaban J connectivity index is 1.53. The van der Waals surface area contributed by atoms with E-state index in [-0.39, 0.29) is 12.5 Å². The van der Waals surface area contributed by atoms with Crippen molar-refractivity contribution >= 4 is 35.1 Å². The number of halogens is 2. The van der Waals surface area contributed by atoms with Gasteiger partial charge in [-0.3, -0.25) is 9.59 Å². The normalized spacial score (nSPS) is 27.1. The van der Waals surface area contributed by atoms with Crippen molar-refractivity contribution in [1.82, 2.24) is 25.1 Å². The number of aliphatic carboxylic acids is 1. The summed E-state index contributed by atoms with van der Waals surface area (Å²) in [5, 5.41) is 23.2. The quantitative estimate of drug-likeness (QED) is 0.507. The molecule has 1 spiro atoms. The first-order chi connectivity index (χ1) is 17.2. The van der Waals surface area contributed by atoms with Gasteiger partial charge in [-0.25, -0.2) is 0 Å². The maximum atomic E-state index is 14.0. The van der Waals surface area contributed by atoms with Crippen LogP contribution in [-0.2, 0) is 14.3 Å². The smallest absolute Gasteiger partial charge is 0.310 e. The highest BCUT2D eigenvalue weighted by Crippen LogP contribution is 2.54. The first-order valence-electron chi connectivity index (χ1n) is 11.4. The van der Waals surface area contributed by atoms with Crippen LogP contribution in [0.4, 0.5) is 0 Å². The number of rotatable bonds is 5. The van der Waals surface area contributed by atoms with Crippen LogP contribution in [0.2, 0.25) is 10.0 Å². The van der Waals surface area contributed by atoms with Gasteiger partial charge in [-0.05, 0) is 47.5 Å². The van der Waals surface area contributed by atoms with Crippen LogP contribution in [0.5, 0.6) is 0 Å². The van der Waals surface area contributed by atoms with Crippen LogP contribution >= 0.6 is 23.2 Å². The maximum Gasteiger partial charge on any atom is 0.310 e. The van der Waals surface area contributed by atoms with E-state index in [1.807, 2.05) is 38.1 Å². The number of carbonyl (C=O) groups is 2. The Hall–Kier alpha value is -3.27. The second kappa shape index (κ2) is 8.12. The molecule has 0 saturated carbocycles. The van der Waals surface area contributed by atoms with Gasteiger partial charge < -0.3 is 14.7 Å². The maximum absolute atomic E-state index is 14.0. The predicted molar refractivity (Wildman–Crippen MR) is 130 cm³/mol. The molecule has 1 amide bonds. The summed E-state index contributed by atoms with van der Waals surface area (Å²) in [5.74, 6) is -2.87. The second-order valence-electron chi connectivity index (χ2n) is 9.46. The van der Waals surface area contributed by atoms with Crippen LogP contribution in [0, 0.1) is 25.7 Å². The lowest BCUT2D eigenvalue weighted by Crippen LogP contribution is -2.39. The van der Waals surface area contributed by atoms with Gasteiger partial charge in [0, 0.05) is 15.6 Å². The first-order valence-corrected chi connectivity index (χ1v) is 12.2. The van der Waals surface area contributed by atoms with Gasteiger partial charge in [0.15, 0.2) is 5.82 Å². The van der Waals surface area contributed by atoms with Gasteiger partial charge in [0.05, 0.1) is 24.3 Å². The van der Waals surface area contributed by atoms with E-state index in [1.165, 1.54) is 0 Å². The zero-order valence-electron chi connectivity index (χ0n) is 19.3. The zero-order chi connectivity index (χ0) is 25.4. The highest BCUT2D eigenvalue weighted by Gasteiger charge is 2.68. The minimum absolute atomic E-state index is 0.135. The molecule has 1 aromatic heterocycles. The Bertz CT molecular complexity index is 1440. The lowest BCUT2D eigenvalue weighted by atomic mass is 9.77. The van der Waals surface area contributed by atoms with Crippen molar-refractivity contribution in [2.45, 2.75) is 31.6 Å². The number of ether oxygens (including phenoxy) is 1. The molecule has 184 valence electrons. The first kappa shape index (κ1) is 23.1. The number of carboxylic acids is 1. The molecule has 0 unspecified atom stereocenters. The molecule has 3 aliphatic heterocycles. The number of tetrazole rings is 1. The summed E-state index contributed by atoms with van der Waals surface area (Å²) in [6.45, 7) is 4.05. The summed E-state index contributed by atoms with van der Waals surface area (Å²) in [6.07, 6.45) is 2.92. The SMILES string of the molecule is Cc1cccc(C)c1-n1nnnc1[C@H](c1ccc(Cl)cc1Cl)N1C[C@@]23C=C[C@@H](O2)[C@H](C(=O)O)[C@H]3C1=O. The Morgan fingerprint density at radius 1 is 1.22 bits per heavy atom. The number of nitrogens with zero attached hydrogens (tertiary/aromatic N) is 5. The standard InChI is InChI=1S/C25H21Cl2N5O4/c1-12-4-3-5-13(2)20(12)32-22(28-29-30-32)21(15-7-6-14(26)10-16(15)27)31-11-25-9-8-17(36-25)18(24(34)35)19(25)23(31)33/h3-10,17-19,21H,11H2,1-2H3,(H,34,35)/t17-,18+,19+,21+,25-/m1/s1. The number of fused-ring (bicyclic) bond motifs is 1. The molecule has 3 aliphatic rings. The number of amides is 1. The van der Waals surface area contributed by atoms with E-state index in [0.29, 0.717) is 21.4 Å². The molecule has 2 aromatic carbocycles. The average Bonchev–Trinajstić information content (AvgIpc) is 3.57. The van der Waals surface area contributed by atoms with E-state index < -0.39 is 35.6 Å². The second-order valence-corrected chi connectivity index (χ2v) is 10.3. The van der Waals surface area contributed by atoms with Crippen molar-refractivity contribution < 1.29 is 19.4 Å². The van der Waals surface area contributed by atoms with Crippen LogP contribution in [0.1, 0.15) is 28.6 Å². The van der Waals surface area contributed by atoms with E-state index in [1.54, 1.807) is 33.9 Å². The third kappa shape index (κ3) is 3.23. The lowest BCUT2D eigenvalue weighted by molar-refractivity contribution is -0.148. The molecule has 4 heterocycles. The van der Waals surface area contributed by atoms with Crippen LogP contribution in [0.3, 0.4) is 0 Å². The van der Waals surface area contributed by atoms with Crippen molar-refractivity contribution in [3.8, 4) is 5.69 Å². The molecule has 2 bridgehead atoms. The van der Waals surface area contributed by atoms with E-state index >= 15 is 0 Å². The third-order valence-corrected chi connectivity index (χ3v) is 7.94. The number of carboxylic acid groups (broad SMARTS) is 1. The summed E-state index contributed by atoms with van der Waals surface area (Å²) >= 11 is 12.8. The van der Waals surface area contributed by atoms with Crippen LogP contribution in [-0.4, -0.2) is 60.3 Å². The minimum atomic E-state index is -1.06. The fraction of sp³-hybridized carbons (Fsp3) is 0.320. The molecule has 1 N–H and O–H groups in total. The molecule has 0 aliphatic carbocycles. The molecule has 2 saturated heterocycles. The molecule has 9 nitrogen and oxygen atoms in total. The van der Waals surface area contributed by atoms with Crippen molar-refractivity contribution in [1.29, 1.82) is 0 Å². The Morgan fingerprint density at radius 3 is 2.67 bits per heavy atom. The van der Waals surface area contributed by atoms with E-state index in [4.69, 9.17) is 27.9 Å². The predicted octanol–water partition coefficient (Wildman–Crippen LogP) is 3.54. The van der Waals surface area contributed by atoms with Crippen LogP contribution in [0.25, 0.3) is 5.69 Å². The Morgan fingerprint density at radius 2 is 1.97 bits per heavy atom. The largest absolute Gasteiger partial charge is 0.481 e. The molecule has 0 radical (unpaired) electrons. The van der Waals surface area contributed by atoms with Gasteiger partial charge in [-0.2, -0.15) is 4.68 Å². The molecular weight excluding hydrogens is 505 g/mol. The Kier molecular flexibility index (Phi) is 5.22. The van der Waals surface area contributed by atoms with Crippen LogP contribution < -0.4 is 0 Å². The number of para-hydroxylation sites is 1. The van der Waals surface area contributed by atoms with E-state index in [9.17, 15) is 14.7 Å². The van der Waals surface area contributed by atoms with Gasteiger partial charge in [-0.15, -0.1) is 5.10 Å².